The topological polar surface area (TPSA) is 119 Å². The third-order valence-electron chi connectivity index (χ3n) is 4.36. The number of nitrogens with one attached hydrogen (secondary N) is 1. The van der Waals surface area contributed by atoms with Gasteiger partial charge in [-0.3, -0.25) is 14.5 Å². The third kappa shape index (κ3) is 4.41. The normalized spacial score (nSPS) is 14.1. The van der Waals surface area contributed by atoms with E-state index in [1.807, 2.05) is 18.2 Å². The van der Waals surface area contributed by atoms with Gasteiger partial charge in [0, 0.05) is 30.0 Å². The van der Waals surface area contributed by atoms with Crippen LogP contribution < -0.4 is 21.7 Å². The molecule has 0 aromatic heterocycles. The van der Waals surface area contributed by atoms with Crippen LogP contribution in [-0.4, -0.2) is 17.7 Å². The minimum atomic E-state index is -0.588. The van der Waals surface area contributed by atoms with Crippen LogP contribution in [0.5, 0.6) is 0 Å². The molecule has 0 radical (unpaired) electrons. The molecule has 0 aliphatic carbocycles. The zero-order valence-electron chi connectivity index (χ0n) is 15.5. The molecule has 0 saturated heterocycles. The number of carbonyl (C=O) groups excluding carboxylic acids is 3. The molecule has 7 nitrogen and oxygen atoms in total. The number of carbonyl (C=O) groups is 3. The summed E-state index contributed by atoms with van der Waals surface area (Å²) >= 11 is 0. The minimum absolute atomic E-state index is 0.00759. The zero-order valence-corrected chi connectivity index (χ0v) is 15.5. The van der Waals surface area contributed by atoms with Gasteiger partial charge in [-0.2, -0.15) is 0 Å². The van der Waals surface area contributed by atoms with Crippen molar-refractivity contribution in [1.82, 2.24) is 5.32 Å². The van der Waals surface area contributed by atoms with Crippen LogP contribution in [0.4, 0.5) is 16.2 Å². The van der Waals surface area contributed by atoms with Gasteiger partial charge in [0.15, 0.2) is 5.78 Å². The predicted octanol–water partition coefficient (Wildman–Crippen LogP) is 2.67. The van der Waals surface area contributed by atoms with Gasteiger partial charge in [0.1, 0.15) is 0 Å². The van der Waals surface area contributed by atoms with Crippen LogP contribution >= 0.6 is 0 Å². The van der Waals surface area contributed by atoms with Crippen molar-refractivity contribution in [2.75, 3.05) is 4.90 Å². The number of para-hydroxylation sites is 2. The molecular weight excluding hydrogens is 368 g/mol. The summed E-state index contributed by atoms with van der Waals surface area (Å²) in [5, 5.41) is 2.81. The molecule has 0 fully saturated rings. The summed E-state index contributed by atoms with van der Waals surface area (Å²) in [6, 6.07) is 13.8. The van der Waals surface area contributed by atoms with Gasteiger partial charge in [0.2, 0.25) is 5.91 Å². The molecule has 0 bridgehead atoms. The summed E-state index contributed by atoms with van der Waals surface area (Å²) in [5.41, 5.74) is 13.6. The predicted molar refractivity (Wildman–Crippen MR) is 111 cm³/mol. The van der Waals surface area contributed by atoms with E-state index in [0.717, 1.165) is 5.56 Å². The maximum absolute atomic E-state index is 12.3. The Hall–Kier alpha value is -4.13. The number of benzene rings is 2. The van der Waals surface area contributed by atoms with Crippen LogP contribution in [0.25, 0.3) is 0 Å². The first kappa shape index (κ1) is 19.6. The number of anilines is 2. The quantitative estimate of drug-likeness (QED) is 0.696. The van der Waals surface area contributed by atoms with Crippen molar-refractivity contribution in [3.63, 3.8) is 0 Å². The van der Waals surface area contributed by atoms with Gasteiger partial charge in [0.25, 0.3) is 0 Å². The van der Waals surface area contributed by atoms with Crippen LogP contribution in [0, 0.1) is 0 Å². The van der Waals surface area contributed by atoms with E-state index in [1.54, 1.807) is 61.0 Å². The summed E-state index contributed by atoms with van der Waals surface area (Å²) in [6.45, 7) is 0. The van der Waals surface area contributed by atoms with Crippen molar-refractivity contribution in [3.05, 3.63) is 95.9 Å². The molecule has 4 rings (SSSR count). The Labute approximate surface area is 168 Å². The summed E-state index contributed by atoms with van der Waals surface area (Å²) in [5.74, 6) is -0.420. The molecule has 0 atom stereocenters. The SMILES string of the molecule is NC(=O)C1=CC=CNC=C1.NC(=O)N1c2ccccc2CC(=O)c2ccccc21. The van der Waals surface area contributed by atoms with Crippen molar-refractivity contribution in [3.8, 4) is 0 Å². The van der Waals surface area contributed by atoms with E-state index in [0.29, 0.717) is 22.5 Å². The number of allylic oxidation sites excluding steroid dienone is 2. The van der Waals surface area contributed by atoms with E-state index in [9.17, 15) is 14.4 Å². The van der Waals surface area contributed by atoms with Gasteiger partial charge in [-0.15, -0.1) is 0 Å². The molecule has 0 unspecified atom stereocenters. The second-order valence-electron chi connectivity index (χ2n) is 6.26. The summed E-state index contributed by atoms with van der Waals surface area (Å²) in [4.78, 5) is 36.0. The average molecular weight is 388 g/mol. The Morgan fingerprint density at radius 2 is 1.62 bits per heavy atom. The first-order chi connectivity index (χ1) is 14.0. The lowest BCUT2D eigenvalue weighted by atomic mass is 10.0. The number of amides is 3. The third-order valence-corrected chi connectivity index (χ3v) is 4.36. The Bertz CT molecular complexity index is 1050. The van der Waals surface area contributed by atoms with Crippen molar-refractivity contribution >= 4 is 29.1 Å². The molecule has 2 heterocycles. The first-order valence-corrected chi connectivity index (χ1v) is 8.88. The number of nitrogens with two attached hydrogens (primary N) is 2. The minimum Gasteiger partial charge on any atom is -0.368 e. The maximum atomic E-state index is 12.3. The van der Waals surface area contributed by atoms with Crippen molar-refractivity contribution < 1.29 is 14.4 Å². The Balaban J connectivity index is 0.000000204. The second-order valence-corrected chi connectivity index (χ2v) is 6.26. The van der Waals surface area contributed by atoms with E-state index < -0.39 is 11.9 Å². The Morgan fingerprint density at radius 3 is 2.34 bits per heavy atom. The highest BCUT2D eigenvalue weighted by Gasteiger charge is 2.27. The molecule has 29 heavy (non-hydrogen) atoms. The molecule has 146 valence electrons. The number of hydrogen-bond donors (Lipinski definition) is 3. The van der Waals surface area contributed by atoms with Crippen molar-refractivity contribution in [2.45, 2.75) is 6.42 Å². The Kier molecular flexibility index (Phi) is 5.89. The van der Waals surface area contributed by atoms with E-state index in [-0.39, 0.29) is 12.2 Å². The molecule has 2 aliphatic rings. The maximum Gasteiger partial charge on any atom is 0.323 e. The number of fused-ring (bicyclic) bond motifs is 2. The largest absolute Gasteiger partial charge is 0.368 e. The number of rotatable bonds is 1. The molecule has 0 spiro atoms. The first-order valence-electron chi connectivity index (χ1n) is 8.88. The zero-order chi connectivity index (χ0) is 20.8. The monoisotopic (exact) mass is 388 g/mol. The second kappa shape index (κ2) is 8.71. The number of hydrogen-bond acceptors (Lipinski definition) is 4. The molecule has 7 heteroatoms. The lowest BCUT2D eigenvalue weighted by molar-refractivity contribution is -0.114. The number of ketones is 1. The van der Waals surface area contributed by atoms with Gasteiger partial charge in [-0.1, -0.05) is 30.3 Å². The number of urea groups is 1. The highest BCUT2D eigenvalue weighted by molar-refractivity contribution is 6.11. The molecule has 2 aromatic rings. The molecule has 0 saturated carbocycles. The van der Waals surface area contributed by atoms with Crippen molar-refractivity contribution in [1.29, 1.82) is 0 Å². The van der Waals surface area contributed by atoms with Gasteiger partial charge >= 0.3 is 6.03 Å². The van der Waals surface area contributed by atoms with E-state index in [1.165, 1.54) is 4.90 Å². The summed E-state index contributed by atoms with van der Waals surface area (Å²) in [6.07, 6.45) is 8.64. The molecule has 3 amide bonds. The van der Waals surface area contributed by atoms with Gasteiger partial charge < -0.3 is 16.8 Å². The van der Waals surface area contributed by atoms with Crippen LogP contribution in [-0.2, 0) is 11.2 Å². The van der Waals surface area contributed by atoms with Crippen LogP contribution in [0.15, 0.2) is 84.7 Å². The van der Waals surface area contributed by atoms with Gasteiger partial charge in [0.05, 0.1) is 11.4 Å². The fourth-order valence-electron chi connectivity index (χ4n) is 3.04. The van der Waals surface area contributed by atoms with E-state index in [4.69, 9.17) is 11.5 Å². The highest BCUT2D eigenvalue weighted by Crippen LogP contribution is 2.35. The van der Waals surface area contributed by atoms with Crippen LogP contribution in [0.3, 0.4) is 0 Å². The molecular formula is C22H20N4O3. The highest BCUT2D eigenvalue weighted by atomic mass is 16.2. The number of primary amides is 2. The molecule has 2 aliphatic heterocycles. The van der Waals surface area contributed by atoms with Crippen LogP contribution in [0.1, 0.15) is 15.9 Å². The lowest BCUT2D eigenvalue weighted by Crippen LogP contribution is -2.32. The smallest absolute Gasteiger partial charge is 0.323 e. The molecule has 2 aromatic carbocycles. The Morgan fingerprint density at radius 1 is 0.931 bits per heavy atom. The average Bonchev–Trinajstić information content (AvgIpc) is 3.05. The standard InChI is InChI=1S/C15H12N2O2.C7H8N2O/c16-15(19)17-12-7-3-1-5-10(12)9-14(18)11-6-2-4-8-13(11)17;8-7(10)6-2-1-4-9-5-3-6/h1-8H,9H2,(H2,16,19);1-5,9H,(H2,8,10). The van der Waals surface area contributed by atoms with Gasteiger partial charge in [-0.05, 0) is 42.0 Å². The van der Waals surface area contributed by atoms with Gasteiger partial charge in [-0.25, -0.2) is 4.79 Å². The summed E-state index contributed by atoms with van der Waals surface area (Å²) < 4.78 is 0. The molecule has 5 N–H and O–H groups in total. The lowest BCUT2D eigenvalue weighted by Gasteiger charge is -2.22. The van der Waals surface area contributed by atoms with Crippen LogP contribution in [0.2, 0.25) is 0 Å². The number of Topliss-reactive ketones (excluding diaryl/α,β-unsaturated/α-hetero) is 1. The van der Waals surface area contributed by atoms with Crippen molar-refractivity contribution in [2.24, 2.45) is 11.5 Å². The summed E-state index contributed by atoms with van der Waals surface area (Å²) in [7, 11) is 0. The number of nitrogens with zero attached hydrogens (tertiary/aromatic N) is 1. The fraction of sp³-hybridized carbons (Fsp3) is 0.0455. The fourth-order valence-corrected chi connectivity index (χ4v) is 3.04. The van der Waals surface area contributed by atoms with E-state index in [2.05, 4.69) is 5.32 Å². The van der Waals surface area contributed by atoms with E-state index >= 15 is 0 Å².